The van der Waals surface area contributed by atoms with E-state index in [2.05, 4.69) is 16.0 Å². The van der Waals surface area contributed by atoms with Gasteiger partial charge in [0.05, 0.1) is 10.9 Å². The minimum Gasteiger partial charge on any atom is -0.307 e. The third-order valence-electron chi connectivity index (χ3n) is 5.31. The zero-order valence-electron chi connectivity index (χ0n) is 15.8. The molecule has 0 saturated heterocycles. The number of hydrogen-bond donors (Lipinski definition) is 1. The molecule has 0 aliphatic carbocycles. The van der Waals surface area contributed by atoms with Gasteiger partial charge >= 0.3 is 5.69 Å². The highest BCUT2D eigenvalue weighted by Crippen LogP contribution is 2.23. The van der Waals surface area contributed by atoms with Gasteiger partial charge in [0, 0.05) is 31.2 Å². The van der Waals surface area contributed by atoms with E-state index in [1.165, 1.54) is 33.9 Å². The molecule has 0 fully saturated rings. The van der Waals surface area contributed by atoms with Gasteiger partial charge in [-0.25, -0.2) is 9.18 Å². The van der Waals surface area contributed by atoms with Crippen molar-refractivity contribution in [1.82, 2.24) is 14.5 Å². The van der Waals surface area contributed by atoms with E-state index in [-0.39, 0.29) is 11.1 Å². The molecule has 0 saturated carbocycles. The molecule has 0 amide bonds. The van der Waals surface area contributed by atoms with Gasteiger partial charge in [-0.2, -0.15) is 0 Å². The van der Waals surface area contributed by atoms with E-state index < -0.39 is 11.5 Å². The van der Waals surface area contributed by atoms with E-state index in [1.54, 1.807) is 0 Å². The summed E-state index contributed by atoms with van der Waals surface area (Å²) in [4.78, 5) is 29.7. The quantitative estimate of drug-likeness (QED) is 0.694. The monoisotopic (exact) mass is 413 g/mol. The number of rotatable bonds is 5. The molecule has 2 heterocycles. The second kappa shape index (κ2) is 8.35. The SMILES string of the molecule is O=c1[nH]c2cc(F)ccc2c(=O)n1CCCN1CC=C(c2ccc(Cl)cc2)CC1. The fourth-order valence-corrected chi connectivity index (χ4v) is 3.85. The Labute approximate surface area is 172 Å². The van der Waals surface area contributed by atoms with Crippen LogP contribution in [0.3, 0.4) is 0 Å². The first-order valence-corrected chi connectivity index (χ1v) is 9.99. The van der Waals surface area contributed by atoms with Crippen molar-refractivity contribution in [1.29, 1.82) is 0 Å². The molecule has 2 aromatic carbocycles. The highest BCUT2D eigenvalue weighted by Gasteiger charge is 2.14. The Morgan fingerprint density at radius 2 is 1.86 bits per heavy atom. The molecule has 150 valence electrons. The van der Waals surface area contributed by atoms with Gasteiger partial charge in [-0.1, -0.05) is 29.8 Å². The molecule has 3 aromatic rings. The van der Waals surface area contributed by atoms with Crippen molar-refractivity contribution in [3.8, 4) is 0 Å². The molecular weight excluding hydrogens is 393 g/mol. The third kappa shape index (κ3) is 4.33. The maximum atomic E-state index is 13.3. The smallest absolute Gasteiger partial charge is 0.307 e. The first kappa shape index (κ1) is 19.6. The molecular formula is C22H21ClFN3O2. The summed E-state index contributed by atoms with van der Waals surface area (Å²) < 4.78 is 14.5. The molecule has 0 unspecified atom stereocenters. The van der Waals surface area contributed by atoms with Crippen LogP contribution >= 0.6 is 11.6 Å². The van der Waals surface area contributed by atoms with E-state index in [1.807, 2.05) is 24.3 Å². The first-order valence-electron chi connectivity index (χ1n) is 9.61. The lowest BCUT2D eigenvalue weighted by molar-refractivity contribution is 0.290. The van der Waals surface area contributed by atoms with Crippen LogP contribution in [0.15, 0.2) is 58.1 Å². The van der Waals surface area contributed by atoms with Crippen molar-refractivity contribution in [3.63, 3.8) is 0 Å². The maximum Gasteiger partial charge on any atom is 0.328 e. The summed E-state index contributed by atoms with van der Waals surface area (Å²) in [6, 6.07) is 11.7. The molecule has 0 bridgehead atoms. The normalized spacial score (nSPS) is 14.9. The average molecular weight is 414 g/mol. The van der Waals surface area contributed by atoms with Crippen LogP contribution in [-0.4, -0.2) is 34.1 Å². The summed E-state index contributed by atoms with van der Waals surface area (Å²) >= 11 is 5.95. The lowest BCUT2D eigenvalue weighted by Crippen LogP contribution is -2.37. The fourth-order valence-electron chi connectivity index (χ4n) is 3.72. The standard InChI is InChI=1S/C22H21ClFN3O2/c23-17-4-2-15(3-5-17)16-8-12-26(13-9-16)10-1-11-27-21(28)19-7-6-18(24)14-20(19)25-22(27)29/h2-8,14H,1,9-13H2,(H,25,29). The molecule has 7 heteroatoms. The van der Waals surface area contributed by atoms with Gasteiger partial charge in [0.2, 0.25) is 0 Å². The molecule has 0 spiro atoms. The van der Waals surface area contributed by atoms with Crippen LogP contribution in [0.25, 0.3) is 16.5 Å². The van der Waals surface area contributed by atoms with E-state index >= 15 is 0 Å². The van der Waals surface area contributed by atoms with Crippen LogP contribution in [0.5, 0.6) is 0 Å². The van der Waals surface area contributed by atoms with E-state index in [0.29, 0.717) is 18.4 Å². The van der Waals surface area contributed by atoms with Crippen molar-refractivity contribution in [3.05, 3.63) is 85.8 Å². The Balaban J connectivity index is 1.39. The number of H-pyrrole nitrogens is 1. The van der Waals surface area contributed by atoms with E-state index in [4.69, 9.17) is 11.6 Å². The number of nitrogens with one attached hydrogen (secondary N) is 1. The van der Waals surface area contributed by atoms with Crippen molar-refractivity contribution in [2.75, 3.05) is 19.6 Å². The Hall–Kier alpha value is -2.70. The molecule has 1 aliphatic heterocycles. The Morgan fingerprint density at radius 1 is 1.07 bits per heavy atom. The number of hydrogen-bond acceptors (Lipinski definition) is 3. The topological polar surface area (TPSA) is 58.1 Å². The number of benzene rings is 2. The number of nitrogens with zero attached hydrogens (tertiary/aromatic N) is 2. The third-order valence-corrected chi connectivity index (χ3v) is 5.56. The molecule has 1 N–H and O–H groups in total. The lowest BCUT2D eigenvalue weighted by Gasteiger charge is -2.26. The van der Waals surface area contributed by atoms with Crippen molar-refractivity contribution in [2.24, 2.45) is 0 Å². The molecule has 4 rings (SSSR count). The van der Waals surface area contributed by atoms with Crippen molar-refractivity contribution < 1.29 is 4.39 Å². The van der Waals surface area contributed by atoms with Crippen LogP contribution in [-0.2, 0) is 6.54 Å². The largest absolute Gasteiger partial charge is 0.328 e. The summed E-state index contributed by atoms with van der Waals surface area (Å²) in [5.41, 5.74) is 1.85. The fraction of sp³-hybridized carbons (Fsp3) is 0.273. The molecule has 1 aliphatic rings. The lowest BCUT2D eigenvalue weighted by atomic mass is 9.99. The van der Waals surface area contributed by atoms with Gasteiger partial charge < -0.3 is 4.98 Å². The van der Waals surface area contributed by atoms with Gasteiger partial charge in [-0.3, -0.25) is 14.3 Å². The number of aromatic nitrogens is 2. The summed E-state index contributed by atoms with van der Waals surface area (Å²) in [5.74, 6) is -0.485. The predicted molar refractivity (Wildman–Crippen MR) is 114 cm³/mol. The second-order valence-corrected chi connectivity index (χ2v) is 7.65. The number of fused-ring (bicyclic) bond motifs is 1. The minimum atomic E-state index is -0.503. The van der Waals surface area contributed by atoms with Crippen LogP contribution < -0.4 is 11.2 Å². The van der Waals surface area contributed by atoms with E-state index in [0.717, 1.165) is 31.1 Å². The summed E-state index contributed by atoms with van der Waals surface area (Å²) in [7, 11) is 0. The summed E-state index contributed by atoms with van der Waals surface area (Å²) in [5, 5.41) is 1.05. The first-order chi connectivity index (χ1) is 14.0. The maximum absolute atomic E-state index is 13.3. The minimum absolute atomic E-state index is 0.229. The van der Waals surface area contributed by atoms with Gasteiger partial charge in [-0.15, -0.1) is 0 Å². The summed E-state index contributed by atoms with van der Waals surface area (Å²) in [6.45, 7) is 2.88. The number of aromatic amines is 1. The molecule has 0 radical (unpaired) electrons. The summed E-state index contributed by atoms with van der Waals surface area (Å²) in [6.07, 6.45) is 3.85. The molecule has 5 nitrogen and oxygen atoms in total. The Bertz CT molecular complexity index is 1180. The molecule has 1 aromatic heterocycles. The Morgan fingerprint density at radius 3 is 2.59 bits per heavy atom. The highest BCUT2D eigenvalue weighted by molar-refractivity contribution is 6.30. The van der Waals surface area contributed by atoms with Gasteiger partial charge in [0.25, 0.3) is 5.56 Å². The van der Waals surface area contributed by atoms with Crippen LogP contribution in [0.4, 0.5) is 4.39 Å². The predicted octanol–water partition coefficient (Wildman–Crippen LogP) is 3.66. The molecule has 0 atom stereocenters. The zero-order valence-corrected chi connectivity index (χ0v) is 16.6. The van der Waals surface area contributed by atoms with Crippen LogP contribution in [0.2, 0.25) is 5.02 Å². The van der Waals surface area contributed by atoms with Gasteiger partial charge in [0.1, 0.15) is 5.82 Å². The molecule has 29 heavy (non-hydrogen) atoms. The van der Waals surface area contributed by atoms with E-state index in [9.17, 15) is 14.0 Å². The van der Waals surface area contributed by atoms with Crippen molar-refractivity contribution in [2.45, 2.75) is 19.4 Å². The highest BCUT2D eigenvalue weighted by atomic mass is 35.5. The zero-order chi connectivity index (χ0) is 20.4. The van der Waals surface area contributed by atoms with Crippen LogP contribution in [0, 0.1) is 5.82 Å². The Kier molecular flexibility index (Phi) is 5.65. The number of halogens is 2. The van der Waals surface area contributed by atoms with Gasteiger partial charge in [-0.05, 0) is 54.3 Å². The second-order valence-electron chi connectivity index (χ2n) is 7.22. The van der Waals surface area contributed by atoms with Crippen molar-refractivity contribution >= 4 is 28.1 Å². The van der Waals surface area contributed by atoms with Gasteiger partial charge in [0.15, 0.2) is 0 Å². The van der Waals surface area contributed by atoms with Crippen LogP contribution in [0.1, 0.15) is 18.4 Å². The average Bonchev–Trinajstić information content (AvgIpc) is 2.71.